The zero-order valence-electron chi connectivity index (χ0n) is 10.3. The lowest BCUT2D eigenvalue weighted by molar-refractivity contribution is -0.141. The molecule has 1 aromatic heterocycles. The summed E-state index contributed by atoms with van der Waals surface area (Å²) in [6.07, 6.45) is -2.18. The molecule has 18 heavy (non-hydrogen) atoms. The number of nitrogens with one attached hydrogen (secondary N) is 1. The van der Waals surface area contributed by atoms with Crippen LogP contribution in [0.4, 0.5) is 24.9 Å². The summed E-state index contributed by atoms with van der Waals surface area (Å²) in [5, 5.41) is 2.55. The first-order chi connectivity index (χ1) is 8.40. The molecule has 0 unspecified atom stereocenters. The van der Waals surface area contributed by atoms with Crippen molar-refractivity contribution in [3.63, 3.8) is 0 Å². The van der Waals surface area contributed by atoms with Gasteiger partial charge in [0, 0.05) is 26.7 Å². The Kier molecular flexibility index (Phi) is 3.32. The lowest BCUT2D eigenvalue weighted by Gasteiger charge is -2.19. The van der Waals surface area contributed by atoms with Crippen LogP contribution in [0.5, 0.6) is 0 Å². The first-order valence-corrected chi connectivity index (χ1v) is 5.75. The highest BCUT2D eigenvalue weighted by molar-refractivity contribution is 5.45. The van der Waals surface area contributed by atoms with Gasteiger partial charge in [0.05, 0.1) is 0 Å². The first kappa shape index (κ1) is 12.9. The summed E-state index contributed by atoms with van der Waals surface area (Å²) in [5.74, 6) is 0.869. The van der Waals surface area contributed by atoms with Gasteiger partial charge in [0.1, 0.15) is 5.82 Å². The quantitative estimate of drug-likeness (QED) is 0.902. The van der Waals surface area contributed by atoms with Crippen molar-refractivity contribution in [3.8, 4) is 0 Å². The van der Waals surface area contributed by atoms with Crippen LogP contribution in [0.25, 0.3) is 0 Å². The Labute approximate surface area is 103 Å². The Morgan fingerprint density at radius 3 is 2.56 bits per heavy atom. The highest BCUT2D eigenvalue weighted by atomic mass is 19.4. The zero-order chi connectivity index (χ0) is 13.3. The van der Waals surface area contributed by atoms with Crippen LogP contribution in [0.2, 0.25) is 0 Å². The van der Waals surface area contributed by atoms with Gasteiger partial charge in [0.25, 0.3) is 0 Å². The van der Waals surface area contributed by atoms with Crippen molar-refractivity contribution in [2.75, 3.05) is 30.9 Å². The van der Waals surface area contributed by atoms with Crippen molar-refractivity contribution in [2.24, 2.45) is 5.92 Å². The van der Waals surface area contributed by atoms with Crippen LogP contribution >= 0.6 is 0 Å². The predicted octanol–water partition coefficient (Wildman–Crippen LogP) is 2.38. The highest BCUT2D eigenvalue weighted by Gasteiger charge is 2.34. The molecular formula is C11H15F3N4. The van der Waals surface area contributed by atoms with Gasteiger partial charge in [0.2, 0.25) is 5.95 Å². The third-order valence-electron chi connectivity index (χ3n) is 2.85. The Morgan fingerprint density at radius 1 is 1.39 bits per heavy atom. The van der Waals surface area contributed by atoms with Crippen molar-refractivity contribution < 1.29 is 13.2 Å². The molecule has 0 aliphatic heterocycles. The minimum Gasteiger partial charge on any atom is -0.359 e. The van der Waals surface area contributed by atoms with E-state index in [1.54, 1.807) is 11.9 Å². The SMILES string of the molecule is CNc1nc(N(C)CC2CC2)cc(C(F)(F)F)n1. The van der Waals surface area contributed by atoms with Gasteiger partial charge in [-0.1, -0.05) is 0 Å². The fraction of sp³-hybridized carbons (Fsp3) is 0.636. The number of nitrogens with zero attached hydrogens (tertiary/aromatic N) is 3. The summed E-state index contributed by atoms with van der Waals surface area (Å²) in [4.78, 5) is 9.22. The number of alkyl halides is 3. The minimum atomic E-state index is -4.45. The topological polar surface area (TPSA) is 41.1 Å². The average Bonchev–Trinajstić information content (AvgIpc) is 3.11. The standard InChI is InChI=1S/C11H15F3N4/c1-15-10-16-8(11(12,13)14)5-9(17-10)18(2)6-7-3-4-7/h5,7H,3-4,6H2,1-2H3,(H,15,16,17). The van der Waals surface area contributed by atoms with E-state index in [1.165, 1.54) is 7.05 Å². The first-order valence-electron chi connectivity index (χ1n) is 5.75. The third kappa shape index (κ3) is 3.02. The second kappa shape index (κ2) is 4.62. The van der Waals surface area contributed by atoms with E-state index in [-0.39, 0.29) is 5.95 Å². The van der Waals surface area contributed by atoms with E-state index in [1.807, 2.05) is 0 Å². The summed E-state index contributed by atoms with van der Waals surface area (Å²) >= 11 is 0. The normalized spacial score (nSPS) is 15.6. The maximum absolute atomic E-state index is 12.7. The molecule has 0 aromatic carbocycles. The zero-order valence-corrected chi connectivity index (χ0v) is 10.3. The molecule has 1 N–H and O–H groups in total. The largest absolute Gasteiger partial charge is 0.433 e. The van der Waals surface area contributed by atoms with E-state index in [2.05, 4.69) is 15.3 Å². The number of aromatic nitrogens is 2. The second-order valence-electron chi connectivity index (χ2n) is 4.51. The van der Waals surface area contributed by atoms with Crippen molar-refractivity contribution >= 4 is 11.8 Å². The molecular weight excluding hydrogens is 245 g/mol. The summed E-state index contributed by atoms with van der Waals surface area (Å²) in [6, 6.07) is 0.989. The molecule has 0 bridgehead atoms. The van der Waals surface area contributed by atoms with E-state index in [0.717, 1.165) is 25.5 Å². The van der Waals surface area contributed by atoms with Crippen LogP contribution in [-0.2, 0) is 6.18 Å². The third-order valence-corrected chi connectivity index (χ3v) is 2.85. The fourth-order valence-electron chi connectivity index (χ4n) is 1.67. The van der Waals surface area contributed by atoms with Crippen LogP contribution < -0.4 is 10.2 Å². The Hall–Kier alpha value is -1.53. The molecule has 1 heterocycles. The molecule has 4 nitrogen and oxygen atoms in total. The summed E-state index contributed by atoms with van der Waals surface area (Å²) < 4.78 is 38.1. The molecule has 2 rings (SSSR count). The van der Waals surface area contributed by atoms with E-state index in [9.17, 15) is 13.2 Å². The van der Waals surface area contributed by atoms with Gasteiger partial charge in [-0.15, -0.1) is 0 Å². The summed E-state index contributed by atoms with van der Waals surface area (Å²) in [6.45, 7) is 0.734. The Morgan fingerprint density at radius 2 is 2.06 bits per heavy atom. The molecule has 1 fully saturated rings. The Bertz CT molecular complexity index is 429. The molecule has 0 atom stereocenters. The van der Waals surface area contributed by atoms with Crippen molar-refractivity contribution in [3.05, 3.63) is 11.8 Å². The van der Waals surface area contributed by atoms with Crippen LogP contribution in [0.1, 0.15) is 18.5 Å². The molecule has 1 aliphatic rings. The van der Waals surface area contributed by atoms with Crippen molar-refractivity contribution in [1.82, 2.24) is 9.97 Å². The summed E-state index contributed by atoms with van der Waals surface area (Å²) in [7, 11) is 3.25. The van der Waals surface area contributed by atoms with E-state index in [0.29, 0.717) is 11.7 Å². The number of anilines is 2. The Balaban J connectivity index is 2.27. The number of halogens is 3. The van der Waals surface area contributed by atoms with E-state index in [4.69, 9.17) is 0 Å². The van der Waals surface area contributed by atoms with Crippen molar-refractivity contribution in [2.45, 2.75) is 19.0 Å². The second-order valence-corrected chi connectivity index (χ2v) is 4.51. The number of rotatable bonds is 4. The van der Waals surface area contributed by atoms with Crippen molar-refractivity contribution in [1.29, 1.82) is 0 Å². The lowest BCUT2D eigenvalue weighted by Crippen LogP contribution is -2.23. The molecule has 1 aliphatic carbocycles. The molecule has 0 saturated heterocycles. The number of hydrogen-bond donors (Lipinski definition) is 1. The maximum Gasteiger partial charge on any atom is 0.433 e. The molecule has 0 radical (unpaired) electrons. The van der Waals surface area contributed by atoms with Gasteiger partial charge in [-0.2, -0.15) is 18.2 Å². The van der Waals surface area contributed by atoms with Crippen LogP contribution in [0, 0.1) is 5.92 Å². The van der Waals surface area contributed by atoms with Gasteiger partial charge in [-0.25, -0.2) is 4.98 Å². The van der Waals surface area contributed by atoms with Gasteiger partial charge < -0.3 is 10.2 Å². The van der Waals surface area contributed by atoms with Gasteiger partial charge >= 0.3 is 6.18 Å². The molecule has 1 aromatic rings. The monoisotopic (exact) mass is 260 g/mol. The fourth-order valence-corrected chi connectivity index (χ4v) is 1.67. The number of hydrogen-bond acceptors (Lipinski definition) is 4. The lowest BCUT2D eigenvalue weighted by atomic mass is 10.3. The summed E-state index contributed by atoms with van der Waals surface area (Å²) in [5.41, 5.74) is -0.917. The predicted molar refractivity (Wildman–Crippen MR) is 62.6 cm³/mol. The van der Waals surface area contributed by atoms with Crippen LogP contribution in [-0.4, -0.2) is 30.6 Å². The van der Waals surface area contributed by atoms with Crippen LogP contribution in [0.15, 0.2) is 6.07 Å². The average molecular weight is 260 g/mol. The van der Waals surface area contributed by atoms with Gasteiger partial charge in [-0.05, 0) is 18.8 Å². The molecule has 0 spiro atoms. The molecule has 7 heteroatoms. The van der Waals surface area contributed by atoms with E-state index >= 15 is 0 Å². The smallest absolute Gasteiger partial charge is 0.359 e. The minimum absolute atomic E-state index is 0.0116. The molecule has 1 saturated carbocycles. The molecule has 0 amide bonds. The molecule has 100 valence electrons. The van der Waals surface area contributed by atoms with Gasteiger partial charge in [-0.3, -0.25) is 0 Å². The highest BCUT2D eigenvalue weighted by Crippen LogP contribution is 2.33. The van der Waals surface area contributed by atoms with E-state index < -0.39 is 11.9 Å². The van der Waals surface area contributed by atoms with Gasteiger partial charge in [0.15, 0.2) is 5.69 Å². The van der Waals surface area contributed by atoms with Crippen LogP contribution in [0.3, 0.4) is 0 Å². The maximum atomic E-state index is 12.7.